The number of benzene rings is 1. The highest BCUT2D eigenvalue weighted by Gasteiger charge is 2.14. The summed E-state index contributed by atoms with van der Waals surface area (Å²) in [6.45, 7) is 1.96. The maximum absolute atomic E-state index is 11.9. The fraction of sp³-hybridized carbons (Fsp3) is 0.200. The largest absolute Gasteiger partial charge is 0.320 e. The van der Waals surface area contributed by atoms with Gasteiger partial charge in [0.2, 0.25) is 5.91 Å². The molecule has 0 bridgehead atoms. The van der Waals surface area contributed by atoms with Gasteiger partial charge in [0.15, 0.2) is 0 Å². The molecule has 1 aromatic carbocycles. The van der Waals surface area contributed by atoms with Crippen molar-refractivity contribution in [3.63, 3.8) is 0 Å². The van der Waals surface area contributed by atoms with Crippen molar-refractivity contribution in [2.24, 2.45) is 0 Å². The number of hydrogen-bond acceptors (Lipinski definition) is 5. The lowest BCUT2D eigenvalue weighted by molar-refractivity contribution is -0.383. The maximum Gasteiger partial charge on any atom is 0.292 e. The minimum Gasteiger partial charge on any atom is -0.320 e. The normalized spacial score (nSPS) is 10.2. The van der Waals surface area contributed by atoms with Crippen LogP contribution in [-0.2, 0) is 4.79 Å². The summed E-state index contributed by atoms with van der Waals surface area (Å²) >= 11 is 1.47. The van der Waals surface area contributed by atoms with Gasteiger partial charge in [0.05, 0.1) is 9.95 Å². The minimum atomic E-state index is -0.513. The molecule has 114 valence electrons. The molecule has 2 aromatic rings. The predicted octanol–water partition coefficient (Wildman–Crippen LogP) is 3.42. The van der Waals surface area contributed by atoms with Crippen LogP contribution in [0.3, 0.4) is 0 Å². The number of nitrogens with zero attached hydrogens (tertiary/aromatic N) is 2. The number of nitro benzene ring substituents is 1. The number of nitro groups is 1. The average molecular weight is 317 g/mol. The van der Waals surface area contributed by atoms with Crippen molar-refractivity contribution >= 4 is 29.0 Å². The first kappa shape index (κ1) is 16.0. The molecule has 0 unspecified atom stereocenters. The quantitative estimate of drug-likeness (QED) is 0.501. The highest BCUT2D eigenvalue weighted by Crippen LogP contribution is 2.23. The number of pyridine rings is 1. The van der Waals surface area contributed by atoms with Crippen LogP contribution in [0, 0.1) is 17.0 Å². The molecule has 7 heteroatoms. The van der Waals surface area contributed by atoms with Gasteiger partial charge in [-0.25, -0.2) is 4.98 Å². The number of nitrogens with one attached hydrogen (secondary N) is 1. The van der Waals surface area contributed by atoms with Gasteiger partial charge in [0, 0.05) is 24.4 Å². The Labute approximate surface area is 132 Å². The molecule has 0 saturated heterocycles. The molecule has 0 saturated carbocycles. The fourth-order valence-corrected chi connectivity index (χ4v) is 2.53. The minimum absolute atomic E-state index is 0.108. The summed E-state index contributed by atoms with van der Waals surface area (Å²) < 4.78 is 0. The predicted molar refractivity (Wildman–Crippen MR) is 86.0 cm³/mol. The zero-order chi connectivity index (χ0) is 15.9. The summed E-state index contributed by atoms with van der Waals surface area (Å²) in [7, 11) is 0. The van der Waals surface area contributed by atoms with E-state index in [1.165, 1.54) is 23.9 Å². The molecule has 22 heavy (non-hydrogen) atoms. The SMILES string of the molecule is Cc1ccc(SCCC(=O)Nc2ccccc2[N+](=O)[O-])nc1. The number of anilines is 1. The molecule has 1 aromatic heterocycles. The van der Waals surface area contributed by atoms with Crippen LogP contribution in [0.25, 0.3) is 0 Å². The van der Waals surface area contributed by atoms with Crippen LogP contribution in [0.4, 0.5) is 11.4 Å². The monoisotopic (exact) mass is 317 g/mol. The van der Waals surface area contributed by atoms with Crippen LogP contribution in [0.5, 0.6) is 0 Å². The second kappa shape index (κ2) is 7.56. The fourth-order valence-electron chi connectivity index (χ4n) is 1.74. The molecule has 0 aliphatic rings. The van der Waals surface area contributed by atoms with Gasteiger partial charge in [-0.05, 0) is 24.6 Å². The van der Waals surface area contributed by atoms with Gasteiger partial charge >= 0.3 is 0 Å². The highest BCUT2D eigenvalue weighted by molar-refractivity contribution is 7.99. The van der Waals surface area contributed by atoms with E-state index in [0.29, 0.717) is 5.75 Å². The lowest BCUT2D eigenvalue weighted by Gasteiger charge is -2.05. The van der Waals surface area contributed by atoms with E-state index in [0.717, 1.165) is 10.6 Å². The van der Waals surface area contributed by atoms with Crippen molar-refractivity contribution in [3.05, 3.63) is 58.3 Å². The first-order valence-corrected chi connectivity index (χ1v) is 7.63. The lowest BCUT2D eigenvalue weighted by atomic mass is 10.2. The van der Waals surface area contributed by atoms with Crippen LogP contribution in [-0.4, -0.2) is 21.6 Å². The number of rotatable bonds is 6. The Balaban J connectivity index is 1.86. The molecule has 0 aliphatic heterocycles. The van der Waals surface area contributed by atoms with Crippen LogP contribution < -0.4 is 5.32 Å². The number of carbonyl (C=O) groups is 1. The molecule has 1 heterocycles. The van der Waals surface area contributed by atoms with Gasteiger partial charge in [-0.2, -0.15) is 0 Å². The number of aryl methyl sites for hydroxylation is 1. The van der Waals surface area contributed by atoms with E-state index in [2.05, 4.69) is 10.3 Å². The molecule has 1 N–H and O–H groups in total. The summed E-state index contributed by atoms with van der Waals surface area (Å²) in [6.07, 6.45) is 2.03. The molecule has 0 atom stereocenters. The third-order valence-corrected chi connectivity index (χ3v) is 3.78. The summed E-state index contributed by atoms with van der Waals surface area (Å²) in [5.41, 5.74) is 1.19. The summed E-state index contributed by atoms with van der Waals surface area (Å²) in [6, 6.07) is 9.95. The zero-order valence-electron chi connectivity index (χ0n) is 12.0. The smallest absolute Gasteiger partial charge is 0.292 e. The van der Waals surface area contributed by atoms with Gasteiger partial charge in [0.1, 0.15) is 5.69 Å². The summed E-state index contributed by atoms with van der Waals surface area (Å²) in [5, 5.41) is 14.3. The van der Waals surface area contributed by atoms with E-state index in [-0.39, 0.29) is 23.7 Å². The second-order valence-electron chi connectivity index (χ2n) is 4.59. The molecule has 0 fully saturated rings. The number of aromatic nitrogens is 1. The number of thioether (sulfide) groups is 1. The van der Waals surface area contributed by atoms with Crippen LogP contribution in [0.2, 0.25) is 0 Å². The van der Waals surface area contributed by atoms with Crippen molar-refractivity contribution < 1.29 is 9.72 Å². The standard InChI is InChI=1S/C15H15N3O3S/c1-11-6-7-15(16-10-11)22-9-8-14(19)17-12-4-2-3-5-13(12)18(20)21/h2-7,10H,8-9H2,1H3,(H,17,19). The van der Waals surface area contributed by atoms with Crippen molar-refractivity contribution in [2.75, 3.05) is 11.1 Å². The van der Waals surface area contributed by atoms with E-state index in [1.807, 2.05) is 19.1 Å². The van der Waals surface area contributed by atoms with Crippen LogP contribution in [0.15, 0.2) is 47.6 Å². The van der Waals surface area contributed by atoms with E-state index in [1.54, 1.807) is 18.3 Å². The number of para-hydroxylation sites is 2. The Morgan fingerprint density at radius 2 is 2.09 bits per heavy atom. The van der Waals surface area contributed by atoms with Crippen molar-refractivity contribution in [2.45, 2.75) is 18.4 Å². The van der Waals surface area contributed by atoms with E-state index < -0.39 is 4.92 Å². The average Bonchev–Trinajstić information content (AvgIpc) is 2.49. The Hall–Kier alpha value is -2.41. The third kappa shape index (κ3) is 4.56. The Bertz CT molecular complexity index is 674. The maximum atomic E-state index is 11.9. The molecule has 0 spiro atoms. The highest BCUT2D eigenvalue weighted by atomic mass is 32.2. The third-order valence-electron chi connectivity index (χ3n) is 2.84. The zero-order valence-corrected chi connectivity index (χ0v) is 12.8. The number of amides is 1. The number of carbonyl (C=O) groups excluding carboxylic acids is 1. The molecule has 6 nitrogen and oxygen atoms in total. The Morgan fingerprint density at radius 3 is 2.77 bits per heavy atom. The Morgan fingerprint density at radius 1 is 1.32 bits per heavy atom. The molecule has 1 amide bonds. The first-order valence-electron chi connectivity index (χ1n) is 6.65. The first-order chi connectivity index (χ1) is 10.6. The topological polar surface area (TPSA) is 85.1 Å². The number of hydrogen-bond donors (Lipinski definition) is 1. The molecular weight excluding hydrogens is 302 g/mol. The second-order valence-corrected chi connectivity index (χ2v) is 5.71. The van der Waals surface area contributed by atoms with Gasteiger partial charge in [0.25, 0.3) is 5.69 Å². The molecule has 0 aliphatic carbocycles. The van der Waals surface area contributed by atoms with Crippen LogP contribution >= 0.6 is 11.8 Å². The van der Waals surface area contributed by atoms with Gasteiger partial charge in [-0.3, -0.25) is 14.9 Å². The van der Waals surface area contributed by atoms with E-state index >= 15 is 0 Å². The Kier molecular flexibility index (Phi) is 5.48. The van der Waals surface area contributed by atoms with Gasteiger partial charge in [-0.1, -0.05) is 18.2 Å². The van der Waals surface area contributed by atoms with Crippen LogP contribution in [0.1, 0.15) is 12.0 Å². The molecule has 0 radical (unpaired) electrons. The van der Waals surface area contributed by atoms with E-state index in [4.69, 9.17) is 0 Å². The summed E-state index contributed by atoms with van der Waals surface area (Å²) in [5.74, 6) is 0.302. The lowest BCUT2D eigenvalue weighted by Crippen LogP contribution is -2.13. The molecular formula is C15H15N3O3S. The van der Waals surface area contributed by atoms with Crippen molar-refractivity contribution in [3.8, 4) is 0 Å². The van der Waals surface area contributed by atoms with Crippen molar-refractivity contribution in [1.82, 2.24) is 4.98 Å². The van der Waals surface area contributed by atoms with Crippen molar-refractivity contribution in [1.29, 1.82) is 0 Å². The van der Waals surface area contributed by atoms with E-state index in [9.17, 15) is 14.9 Å². The summed E-state index contributed by atoms with van der Waals surface area (Å²) in [4.78, 5) is 26.5. The van der Waals surface area contributed by atoms with Gasteiger partial charge < -0.3 is 5.32 Å². The van der Waals surface area contributed by atoms with Gasteiger partial charge in [-0.15, -0.1) is 11.8 Å². The molecule has 2 rings (SSSR count).